The molecule has 8 nitrogen and oxygen atoms in total. The van der Waals surface area contributed by atoms with Gasteiger partial charge < -0.3 is 14.2 Å². The molecule has 2 rings (SSSR count). The molecule has 0 aromatic carbocycles. The second-order valence-electron chi connectivity index (χ2n) is 4.88. The predicted octanol–water partition coefficient (Wildman–Crippen LogP) is 3.47. The normalized spacial score (nSPS) is 12.3. The van der Waals surface area contributed by atoms with Gasteiger partial charge in [0, 0.05) is 19.6 Å². The van der Waals surface area contributed by atoms with E-state index < -0.39 is 5.85 Å². The van der Waals surface area contributed by atoms with Crippen molar-refractivity contribution in [2.24, 2.45) is 4.99 Å². The van der Waals surface area contributed by atoms with E-state index in [0.717, 1.165) is 13.1 Å². The number of hydrogen-bond donors (Lipinski definition) is 0. The highest BCUT2D eigenvalue weighted by atomic mass is 35.9. The molecule has 0 N–H and O–H groups in total. The van der Waals surface area contributed by atoms with Gasteiger partial charge in [0.2, 0.25) is 0 Å². The predicted molar refractivity (Wildman–Crippen MR) is 96.5 cm³/mol. The van der Waals surface area contributed by atoms with Crippen molar-refractivity contribution in [2.45, 2.75) is 20.4 Å². The lowest BCUT2D eigenvalue weighted by Gasteiger charge is -2.13. The Morgan fingerprint density at radius 3 is 2.75 bits per heavy atom. The zero-order valence-electron chi connectivity index (χ0n) is 13.5. The van der Waals surface area contributed by atoms with Crippen LogP contribution in [0.2, 0.25) is 0 Å². The van der Waals surface area contributed by atoms with Gasteiger partial charge in [-0.3, -0.25) is 4.57 Å². The lowest BCUT2D eigenvalue weighted by molar-refractivity contribution is 0.169. The van der Waals surface area contributed by atoms with E-state index in [2.05, 4.69) is 38.7 Å². The van der Waals surface area contributed by atoms with Crippen LogP contribution in [0.3, 0.4) is 0 Å². The molecule has 132 valence electrons. The maximum atomic E-state index is 11.2. The van der Waals surface area contributed by atoms with Crippen LogP contribution in [-0.4, -0.2) is 56.8 Å². The van der Waals surface area contributed by atoms with E-state index >= 15 is 0 Å². The average molecular weight is 393 g/mol. The first kappa shape index (κ1) is 19.1. The maximum Gasteiger partial charge on any atom is 0.277 e. The fourth-order valence-electron chi connectivity index (χ4n) is 1.98. The molecule has 0 bridgehead atoms. The third kappa shape index (κ3) is 5.41. The molecule has 2 aromatic heterocycles. The summed E-state index contributed by atoms with van der Waals surface area (Å²) in [6.45, 7) is 6.61. The molecule has 2 aromatic rings. The summed E-state index contributed by atoms with van der Waals surface area (Å²) in [6.07, 6.45) is 4.65. The fraction of sp³-hybridized carbons (Fsp3) is 0.538. The summed E-state index contributed by atoms with van der Waals surface area (Å²) in [5, 5.41) is 0. The molecular formula is C13H19Cl2N6O2P. The first-order valence-corrected chi connectivity index (χ1v) is 11.1. The molecule has 0 atom stereocenters. The minimum atomic E-state index is -3.21. The first-order valence-electron chi connectivity index (χ1n) is 7.44. The smallest absolute Gasteiger partial charge is 0.277 e. The van der Waals surface area contributed by atoms with Crippen LogP contribution in [0.25, 0.3) is 11.2 Å². The van der Waals surface area contributed by atoms with Crippen LogP contribution in [-0.2, 0) is 15.8 Å². The van der Waals surface area contributed by atoms with Crippen LogP contribution in [0, 0.1) is 0 Å². The quantitative estimate of drug-likeness (QED) is 0.281. The zero-order chi connectivity index (χ0) is 17.6. The summed E-state index contributed by atoms with van der Waals surface area (Å²) in [6, 6.07) is 0. The molecule has 0 radical (unpaired) electrons. The van der Waals surface area contributed by atoms with Crippen molar-refractivity contribution in [3.05, 3.63) is 12.7 Å². The second kappa shape index (κ2) is 8.76. The van der Waals surface area contributed by atoms with Crippen molar-refractivity contribution < 1.29 is 9.30 Å². The number of imidazole rings is 1. The van der Waals surface area contributed by atoms with Gasteiger partial charge in [-0.05, 0) is 36.3 Å². The number of nitrogens with zero attached hydrogens (tertiary/aromatic N) is 6. The van der Waals surface area contributed by atoms with Crippen molar-refractivity contribution in [3.8, 4) is 0 Å². The van der Waals surface area contributed by atoms with Crippen LogP contribution >= 0.6 is 28.3 Å². The number of halogens is 2. The Bertz CT molecular complexity index is 743. The lowest BCUT2D eigenvalue weighted by Crippen LogP contribution is -2.20. The van der Waals surface area contributed by atoms with Crippen LogP contribution in [0.4, 0.5) is 5.82 Å². The van der Waals surface area contributed by atoms with Gasteiger partial charge in [0.05, 0.1) is 19.3 Å². The molecule has 2 heterocycles. The summed E-state index contributed by atoms with van der Waals surface area (Å²) in [7, 11) is 0. The largest absolute Gasteiger partial charge is 0.369 e. The second-order valence-corrected chi connectivity index (χ2v) is 10.1. The number of aliphatic imine (C=N–C) groups is 1. The van der Waals surface area contributed by atoms with Gasteiger partial charge in [0.25, 0.3) is 5.85 Å². The Labute approximate surface area is 149 Å². The summed E-state index contributed by atoms with van der Waals surface area (Å²) >= 11 is 10.9. The molecule has 0 aliphatic rings. The van der Waals surface area contributed by atoms with Crippen molar-refractivity contribution in [1.29, 1.82) is 0 Å². The van der Waals surface area contributed by atoms with Crippen molar-refractivity contribution >= 4 is 51.6 Å². The molecule has 0 saturated carbocycles. The average Bonchev–Trinajstić information content (AvgIpc) is 2.95. The van der Waals surface area contributed by atoms with Crippen molar-refractivity contribution in [2.75, 3.05) is 26.0 Å². The molecule has 24 heavy (non-hydrogen) atoms. The Morgan fingerprint density at radius 1 is 1.33 bits per heavy atom. The van der Waals surface area contributed by atoms with Gasteiger partial charge in [-0.25, -0.2) is 19.9 Å². The Hall–Kier alpha value is -1.21. The Morgan fingerprint density at radius 2 is 2.08 bits per heavy atom. The van der Waals surface area contributed by atoms with E-state index in [9.17, 15) is 4.57 Å². The first-order chi connectivity index (χ1) is 11.4. The summed E-state index contributed by atoms with van der Waals surface area (Å²) < 4.78 is 18.2. The highest BCUT2D eigenvalue weighted by Gasteiger charge is 2.14. The Balaban J connectivity index is 2.09. The van der Waals surface area contributed by atoms with E-state index in [1.165, 1.54) is 6.33 Å². The summed E-state index contributed by atoms with van der Waals surface area (Å²) in [5.74, 6) is -2.69. The third-order valence-electron chi connectivity index (χ3n) is 3.26. The molecule has 11 heteroatoms. The van der Waals surface area contributed by atoms with Crippen LogP contribution in [0.15, 0.2) is 17.6 Å². The number of hydrogen-bond acceptors (Lipinski definition) is 6. The van der Waals surface area contributed by atoms with Gasteiger partial charge >= 0.3 is 0 Å². The number of aromatic nitrogens is 4. The number of ether oxygens (including phenoxy) is 1. The monoisotopic (exact) mass is 392 g/mol. The number of rotatable bonds is 9. The molecule has 0 fully saturated rings. The molecule has 0 aliphatic heterocycles. The topological polar surface area (TPSA) is 85.5 Å². The molecule has 0 unspecified atom stereocenters. The van der Waals surface area contributed by atoms with Gasteiger partial charge in [-0.1, -0.05) is 0 Å². The van der Waals surface area contributed by atoms with E-state index in [4.69, 9.17) is 27.2 Å². The van der Waals surface area contributed by atoms with E-state index in [1.807, 2.05) is 0 Å². The van der Waals surface area contributed by atoms with Gasteiger partial charge in [0.1, 0.15) is 12.7 Å². The van der Waals surface area contributed by atoms with Gasteiger partial charge in [0.15, 0.2) is 17.0 Å². The van der Waals surface area contributed by atoms with Crippen LogP contribution in [0.5, 0.6) is 0 Å². The minimum Gasteiger partial charge on any atom is -0.369 e. The van der Waals surface area contributed by atoms with Gasteiger partial charge in [-0.2, -0.15) is 0 Å². The van der Waals surface area contributed by atoms with E-state index in [-0.39, 0.29) is 13.0 Å². The summed E-state index contributed by atoms with van der Waals surface area (Å²) in [4.78, 5) is 19.2. The van der Waals surface area contributed by atoms with Crippen molar-refractivity contribution in [1.82, 2.24) is 24.4 Å². The standard InChI is InChI=1S/C13H19Cl2N6O2P/c1-3-20(4-2)8-19-12-11-13(17-7-16-12)21(9-18-11)5-6-23-10-24(14,15)22/h7-9H,3-6,10H2,1-2H3/b19-8-. The third-order valence-corrected chi connectivity index (χ3v) is 4.32. The lowest BCUT2D eigenvalue weighted by atomic mass is 10.5. The fourth-order valence-corrected chi connectivity index (χ4v) is 2.74. The van der Waals surface area contributed by atoms with Gasteiger partial charge in [-0.15, -0.1) is 0 Å². The molecule has 0 spiro atoms. The maximum absolute atomic E-state index is 11.2. The minimum absolute atomic E-state index is 0.183. The highest BCUT2D eigenvalue weighted by molar-refractivity contribution is 8.08. The number of fused-ring (bicyclic) bond motifs is 1. The molecule has 0 saturated heterocycles. The van der Waals surface area contributed by atoms with Crippen LogP contribution in [0.1, 0.15) is 13.8 Å². The molecule has 0 aliphatic carbocycles. The van der Waals surface area contributed by atoms with E-state index in [1.54, 1.807) is 17.2 Å². The summed E-state index contributed by atoms with van der Waals surface area (Å²) in [5.41, 5.74) is 1.27. The van der Waals surface area contributed by atoms with Crippen LogP contribution < -0.4 is 0 Å². The Kier molecular flexibility index (Phi) is 6.98. The molecular weight excluding hydrogens is 374 g/mol. The highest BCUT2D eigenvalue weighted by Crippen LogP contribution is 2.56. The van der Waals surface area contributed by atoms with Crippen molar-refractivity contribution in [3.63, 3.8) is 0 Å². The SMILES string of the molecule is CCN(/C=N\c1ncnc2c1ncn2CCOCP(=O)(Cl)Cl)CC. The van der Waals surface area contributed by atoms with E-state index in [0.29, 0.717) is 23.5 Å². The zero-order valence-corrected chi connectivity index (χ0v) is 15.9. The molecule has 0 amide bonds.